The summed E-state index contributed by atoms with van der Waals surface area (Å²) in [6.07, 6.45) is 9.00. The second-order valence-corrected chi connectivity index (χ2v) is 4.85. The molecule has 1 atom stereocenters. The molecule has 3 heteroatoms. The minimum atomic E-state index is 0.732. The van der Waals surface area contributed by atoms with Crippen molar-refractivity contribution in [2.75, 3.05) is 26.7 Å². The van der Waals surface area contributed by atoms with E-state index < -0.39 is 0 Å². The minimum Gasteiger partial charge on any atom is -0.318 e. The predicted octanol–water partition coefficient (Wildman–Crippen LogP) is 1.70. The Morgan fingerprint density at radius 2 is 2.18 bits per heavy atom. The number of aromatic nitrogens is 1. The fourth-order valence-corrected chi connectivity index (χ4v) is 2.64. The summed E-state index contributed by atoms with van der Waals surface area (Å²) in [5.74, 6) is 0. The van der Waals surface area contributed by atoms with Crippen molar-refractivity contribution < 1.29 is 0 Å². The average molecular weight is 233 g/mol. The predicted molar refractivity (Wildman–Crippen MR) is 71.1 cm³/mol. The van der Waals surface area contributed by atoms with Gasteiger partial charge in [-0.3, -0.25) is 9.88 Å². The molecular formula is C14H23N3. The first-order valence-electron chi connectivity index (χ1n) is 6.67. The van der Waals surface area contributed by atoms with Crippen LogP contribution in [-0.4, -0.2) is 42.6 Å². The zero-order valence-electron chi connectivity index (χ0n) is 10.7. The Hall–Kier alpha value is -0.930. The summed E-state index contributed by atoms with van der Waals surface area (Å²) in [6.45, 7) is 3.56. The van der Waals surface area contributed by atoms with E-state index in [1.165, 1.54) is 37.9 Å². The highest BCUT2D eigenvalue weighted by Crippen LogP contribution is 2.16. The van der Waals surface area contributed by atoms with Gasteiger partial charge in [0, 0.05) is 31.5 Å². The van der Waals surface area contributed by atoms with E-state index in [9.17, 15) is 0 Å². The van der Waals surface area contributed by atoms with E-state index in [0.717, 1.165) is 19.0 Å². The fourth-order valence-electron chi connectivity index (χ4n) is 2.64. The van der Waals surface area contributed by atoms with Crippen LogP contribution < -0.4 is 5.32 Å². The third-order valence-electron chi connectivity index (χ3n) is 3.63. The van der Waals surface area contributed by atoms with E-state index in [-0.39, 0.29) is 0 Å². The molecule has 1 N–H and O–H groups in total. The Morgan fingerprint density at radius 3 is 2.94 bits per heavy atom. The number of nitrogens with zero attached hydrogens (tertiary/aromatic N) is 2. The standard InChI is InChI=1S/C14H23N3/c1-15-12-14-4-2-3-10-17(14)11-7-13-5-8-16-9-6-13/h5-6,8-9,14-15H,2-4,7,10-12H2,1H3. The molecule has 1 saturated heterocycles. The van der Waals surface area contributed by atoms with Crippen LogP contribution in [0.2, 0.25) is 0 Å². The van der Waals surface area contributed by atoms with Crippen LogP contribution in [0.25, 0.3) is 0 Å². The van der Waals surface area contributed by atoms with Gasteiger partial charge in [0.1, 0.15) is 0 Å². The number of hydrogen-bond donors (Lipinski definition) is 1. The Balaban J connectivity index is 1.84. The number of likely N-dealkylation sites (N-methyl/N-ethyl adjacent to an activating group) is 1. The van der Waals surface area contributed by atoms with Gasteiger partial charge in [-0.25, -0.2) is 0 Å². The van der Waals surface area contributed by atoms with Gasteiger partial charge in [-0.15, -0.1) is 0 Å². The van der Waals surface area contributed by atoms with Crippen molar-refractivity contribution in [3.8, 4) is 0 Å². The maximum absolute atomic E-state index is 4.06. The minimum absolute atomic E-state index is 0.732. The van der Waals surface area contributed by atoms with Gasteiger partial charge in [-0.1, -0.05) is 6.42 Å². The second-order valence-electron chi connectivity index (χ2n) is 4.85. The Kier molecular flexibility index (Phi) is 4.95. The van der Waals surface area contributed by atoms with E-state index in [4.69, 9.17) is 0 Å². The zero-order valence-corrected chi connectivity index (χ0v) is 10.7. The van der Waals surface area contributed by atoms with Crippen molar-refractivity contribution in [3.63, 3.8) is 0 Å². The molecule has 3 nitrogen and oxygen atoms in total. The molecule has 0 radical (unpaired) electrons. The van der Waals surface area contributed by atoms with Crippen molar-refractivity contribution in [1.29, 1.82) is 0 Å². The average Bonchev–Trinajstić information content (AvgIpc) is 2.39. The summed E-state index contributed by atoms with van der Waals surface area (Å²) in [6, 6.07) is 4.98. The van der Waals surface area contributed by atoms with Crippen LogP contribution in [-0.2, 0) is 6.42 Å². The van der Waals surface area contributed by atoms with Crippen LogP contribution >= 0.6 is 0 Å². The molecule has 2 rings (SSSR count). The lowest BCUT2D eigenvalue weighted by Gasteiger charge is -2.35. The molecule has 0 aromatic carbocycles. The monoisotopic (exact) mass is 233 g/mol. The van der Waals surface area contributed by atoms with E-state index in [2.05, 4.69) is 34.4 Å². The van der Waals surface area contributed by atoms with Crippen molar-refractivity contribution >= 4 is 0 Å². The van der Waals surface area contributed by atoms with Crippen LogP contribution in [0, 0.1) is 0 Å². The van der Waals surface area contributed by atoms with Gasteiger partial charge in [0.05, 0.1) is 0 Å². The van der Waals surface area contributed by atoms with Crippen LogP contribution in [0.5, 0.6) is 0 Å². The third-order valence-corrected chi connectivity index (χ3v) is 3.63. The number of nitrogens with one attached hydrogen (secondary N) is 1. The Labute approximate surface area is 104 Å². The van der Waals surface area contributed by atoms with E-state index >= 15 is 0 Å². The molecule has 17 heavy (non-hydrogen) atoms. The molecule has 0 saturated carbocycles. The first kappa shape index (κ1) is 12.5. The largest absolute Gasteiger partial charge is 0.318 e. The molecule has 0 aliphatic carbocycles. The number of likely N-dealkylation sites (tertiary alicyclic amines) is 1. The van der Waals surface area contributed by atoms with Gasteiger partial charge in [0.25, 0.3) is 0 Å². The smallest absolute Gasteiger partial charge is 0.0270 e. The molecule has 0 spiro atoms. The summed E-state index contributed by atoms with van der Waals surface area (Å²) in [5.41, 5.74) is 1.40. The third kappa shape index (κ3) is 3.79. The molecule has 1 fully saturated rings. The first-order valence-corrected chi connectivity index (χ1v) is 6.67. The van der Waals surface area contributed by atoms with Gasteiger partial charge in [-0.05, 0) is 50.6 Å². The summed E-state index contributed by atoms with van der Waals surface area (Å²) in [5, 5.41) is 3.31. The van der Waals surface area contributed by atoms with Crippen molar-refractivity contribution in [3.05, 3.63) is 30.1 Å². The van der Waals surface area contributed by atoms with Crippen LogP contribution in [0.3, 0.4) is 0 Å². The molecule has 2 heterocycles. The van der Waals surface area contributed by atoms with Gasteiger partial charge in [0.2, 0.25) is 0 Å². The molecule has 94 valence electrons. The topological polar surface area (TPSA) is 28.2 Å². The molecule has 1 aliphatic heterocycles. The number of rotatable bonds is 5. The number of piperidine rings is 1. The normalized spacial score (nSPS) is 21.6. The lowest BCUT2D eigenvalue weighted by Crippen LogP contribution is -2.45. The molecule has 1 unspecified atom stereocenters. The summed E-state index contributed by atoms with van der Waals surface area (Å²) in [7, 11) is 2.05. The molecule has 1 aromatic heterocycles. The fraction of sp³-hybridized carbons (Fsp3) is 0.643. The van der Waals surface area contributed by atoms with Gasteiger partial charge in [-0.2, -0.15) is 0 Å². The summed E-state index contributed by atoms with van der Waals surface area (Å²) >= 11 is 0. The molecule has 1 aromatic rings. The Bertz CT molecular complexity index is 311. The van der Waals surface area contributed by atoms with E-state index in [1.807, 2.05) is 12.4 Å². The van der Waals surface area contributed by atoms with Crippen LogP contribution in [0.4, 0.5) is 0 Å². The van der Waals surface area contributed by atoms with E-state index in [1.54, 1.807) is 0 Å². The molecular weight excluding hydrogens is 210 g/mol. The maximum atomic E-state index is 4.06. The molecule has 0 amide bonds. The lowest BCUT2D eigenvalue weighted by atomic mass is 10.0. The van der Waals surface area contributed by atoms with E-state index in [0.29, 0.717) is 0 Å². The number of pyridine rings is 1. The van der Waals surface area contributed by atoms with Crippen molar-refractivity contribution in [1.82, 2.24) is 15.2 Å². The quantitative estimate of drug-likeness (QED) is 0.839. The van der Waals surface area contributed by atoms with Gasteiger partial charge >= 0.3 is 0 Å². The second kappa shape index (κ2) is 6.72. The van der Waals surface area contributed by atoms with Crippen molar-refractivity contribution in [2.24, 2.45) is 0 Å². The highest BCUT2D eigenvalue weighted by Gasteiger charge is 2.20. The summed E-state index contributed by atoms with van der Waals surface area (Å²) in [4.78, 5) is 6.70. The van der Waals surface area contributed by atoms with Crippen LogP contribution in [0.1, 0.15) is 24.8 Å². The highest BCUT2D eigenvalue weighted by atomic mass is 15.2. The molecule has 1 aliphatic rings. The Morgan fingerprint density at radius 1 is 1.35 bits per heavy atom. The zero-order chi connectivity index (χ0) is 11.9. The SMILES string of the molecule is CNCC1CCCCN1CCc1ccncc1. The maximum Gasteiger partial charge on any atom is 0.0270 e. The first-order chi connectivity index (χ1) is 8.40. The lowest BCUT2D eigenvalue weighted by molar-refractivity contribution is 0.149. The highest BCUT2D eigenvalue weighted by molar-refractivity contribution is 5.10. The van der Waals surface area contributed by atoms with Crippen molar-refractivity contribution in [2.45, 2.75) is 31.7 Å². The van der Waals surface area contributed by atoms with Crippen LogP contribution in [0.15, 0.2) is 24.5 Å². The molecule has 0 bridgehead atoms. The van der Waals surface area contributed by atoms with Gasteiger partial charge in [0.15, 0.2) is 0 Å². The van der Waals surface area contributed by atoms with Gasteiger partial charge < -0.3 is 5.32 Å². The number of hydrogen-bond acceptors (Lipinski definition) is 3. The summed E-state index contributed by atoms with van der Waals surface area (Å²) < 4.78 is 0.